The molecule has 0 bridgehead atoms. The average molecular weight is 615 g/mol. The number of halogens is 4. The second-order valence-corrected chi connectivity index (χ2v) is 10.6. The highest BCUT2D eigenvalue weighted by Crippen LogP contribution is 2.38. The SMILES string of the molecule is C#CCc1[nH]nc(C(F)(F)F)c1-c1cnc(C(=O)Nc2ccc(C(=O)N3CCN(C(=O)C4CCNCC4)CC3)c(F)c2)n1C. The molecule has 0 unspecified atom stereocenters. The lowest BCUT2D eigenvalue weighted by Crippen LogP contribution is -2.52. The van der Waals surface area contributed by atoms with E-state index < -0.39 is 29.5 Å². The van der Waals surface area contributed by atoms with Crippen molar-refractivity contribution >= 4 is 23.4 Å². The molecule has 5 rings (SSSR count). The number of hydrogen-bond acceptors (Lipinski definition) is 6. The Morgan fingerprint density at radius 2 is 1.80 bits per heavy atom. The van der Waals surface area contributed by atoms with Gasteiger partial charge in [0.05, 0.1) is 35.1 Å². The van der Waals surface area contributed by atoms with Crippen LogP contribution in [0.25, 0.3) is 11.3 Å². The van der Waals surface area contributed by atoms with Gasteiger partial charge in [0.2, 0.25) is 5.91 Å². The van der Waals surface area contributed by atoms with Crippen LogP contribution in [0.15, 0.2) is 24.4 Å². The molecule has 15 heteroatoms. The van der Waals surface area contributed by atoms with Crippen LogP contribution >= 0.6 is 0 Å². The van der Waals surface area contributed by atoms with Gasteiger partial charge in [-0.1, -0.05) is 0 Å². The third-order valence-corrected chi connectivity index (χ3v) is 7.86. The van der Waals surface area contributed by atoms with E-state index in [4.69, 9.17) is 6.42 Å². The van der Waals surface area contributed by atoms with Gasteiger partial charge >= 0.3 is 6.18 Å². The number of alkyl halides is 3. The quantitative estimate of drug-likeness (QED) is 0.290. The second kappa shape index (κ2) is 12.5. The highest BCUT2D eigenvalue weighted by atomic mass is 19.4. The normalized spacial score (nSPS) is 16.1. The van der Waals surface area contributed by atoms with Gasteiger partial charge in [-0.25, -0.2) is 9.37 Å². The van der Waals surface area contributed by atoms with Gasteiger partial charge in [-0.15, -0.1) is 12.3 Å². The van der Waals surface area contributed by atoms with Gasteiger partial charge < -0.3 is 25.0 Å². The number of piperazine rings is 1. The number of carbonyl (C=O) groups excluding carboxylic acids is 3. The average Bonchev–Trinajstić information content (AvgIpc) is 3.60. The number of H-pyrrole nitrogens is 1. The summed E-state index contributed by atoms with van der Waals surface area (Å²) in [5.74, 6) is -0.138. The van der Waals surface area contributed by atoms with Crippen molar-refractivity contribution in [2.45, 2.75) is 25.4 Å². The van der Waals surface area contributed by atoms with Crippen molar-refractivity contribution < 1.29 is 31.9 Å². The van der Waals surface area contributed by atoms with Crippen LogP contribution in [0.4, 0.5) is 23.2 Å². The molecule has 2 fully saturated rings. The number of aromatic nitrogens is 4. The van der Waals surface area contributed by atoms with Crippen LogP contribution in [-0.4, -0.2) is 86.5 Å². The number of terminal acetylenes is 1. The van der Waals surface area contributed by atoms with Crippen LogP contribution in [-0.2, 0) is 24.4 Å². The zero-order valence-electron chi connectivity index (χ0n) is 23.8. The number of carbonyl (C=O) groups is 3. The van der Waals surface area contributed by atoms with Crippen LogP contribution in [0.5, 0.6) is 0 Å². The molecule has 2 aliphatic heterocycles. The first-order chi connectivity index (χ1) is 21.0. The standard InChI is InChI=1S/C29H30F4N8O3/c1-3-4-21-23(24(38-37-21)29(31,32)33)22-16-35-25(39(22)2)26(42)36-18-5-6-19(20(30)15-18)28(44)41-13-11-40(12-14-41)27(43)17-7-9-34-10-8-17/h1,5-6,15-17,34H,4,7-14H2,2H3,(H,36,42)(H,37,38). The third-order valence-electron chi connectivity index (χ3n) is 7.86. The number of rotatable bonds is 6. The minimum atomic E-state index is -4.79. The maximum absolute atomic E-state index is 15.1. The minimum absolute atomic E-state index is 0.0123. The molecule has 2 aliphatic rings. The molecule has 4 heterocycles. The van der Waals surface area contributed by atoms with Crippen molar-refractivity contribution in [2.24, 2.45) is 13.0 Å². The zero-order valence-corrected chi connectivity index (χ0v) is 23.8. The fraction of sp³-hybridized carbons (Fsp3) is 0.414. The van der Waals surface area contributed by atoms with E-state index in [0.29, 0.717) is 13.1 Å². The van der Waals surface area contributed by atoms with E-state index in [0.717, 1.165) is 42.8 Å². The van der Waals surface area contributed by atoms with Crippen molar-refractivity contribution in [2.75, 3.05) is 44.6 Å². The smallest absolute Gasteiger partial charge is 0.339 e. The molecule has 3 amide bonds. The molecule has 0 saturated carbocycles. The third kappa shape index (κ3) is 6.16. The number of hydrogen-bond donors (Lipinski definition) is 3. The number of piperidine rings is 1. The Morgan fingerprint density at radius 1 is 1.11 bits per heavy atom. The Morgan fingerprint density at radius 3 is 2.43 bits per heavy atom. The van der Waals surface area contributed by atoms with E-state index in [9.17, 15) is 27.6 Å². The van der Waals surface area contributed by atoms with Crippen LogP contribution < -0.4 is 10.6 Å². The summed E-state index contributed by atoms with van der Waals surface area (Å²) in [4.78, 5) is 46.1. The van der Waals surface area contributed by atoms with E-state index in [-0.39, 0.29) is 65.4 Å². The Balaban J connectivity index is 1.25. The zero-order chi connectivity index (χ0) is 31.6. The molecule has 2 saturated heterocycles. The van der Waals surface area contributed by atoms with Crippen molar-refractivity contribution in [1.29, 1.82) is 0 Å². The number of benzene rings is 1. The fourth-order valence-electron chi connectivity index (χ4n) is 5.52. The monoisotopic (exact) mass is 614 g/mol. The largest absolute Gasteiger partial charge is 0.435 e. The molecule has 0 spiro atoms. The lowest BCUT2D eigenvalue weighted by Gasteiger charge is -2.37. The van der Waals surface area contributed by atoms with E-state index in [2.05, 4.69) is 31.7 Å². The van der Waals surface area contributed by atoms with Gasteiger partial charge in [-0.3, -0.25) is 19.5 Å². The lowest BCUT2D eigenvalue weighted by molar-refractivity contribution is -0.140. The van der Waals surface area contributed by atoms with Crippen LogP contribution in [0.3, 0.4) is 0 Å². The molecule has 0 atom stereocenters. The van der Waals surface area contributed by atoms with Gasteiger partial charge in [0, 0.05) is 44.8 Å². The fourth-order valence-corrected chi connectivity index (χ4v) is 5.52. The molecule has 11 nitrogen and oxygen atoms in total. The summed E-state index contributed by atoms with van der Waals surface area (Å²) in [6, 6.07) is 3.57. The summed E-state index contributed by atoms with van der Waals surface area (Å²) < 4.78 is 57.1. The molecule has 0 radical (unpaired) electrons. The van der Waals surface area contributed by atoms with Gasteiger partial charge in [-0.05, 0) is 44.1 Å². The Labute approximate surface area is 250 Å². The predicted molar refractivity (Wildman–Crippen MR) is 151 cm³/mol. The summed E-state index contributed by atoms with van der Waals surface area (Å²) in [7, 11) is 1.35. The summed E-state index contributed by atoms with van der Waals surface area (Å²) in [6.07, 6.45) is 2.99. The van der Waals surface area contributed by atoms with Crippen LogP contribution in [0, 0.1) is 24.1 Å². The number of nitrogens with zero attached hydrogens (tertiary/aromatic N) is 5. The number of anilines is 1. The van der Waals surface area contributed by atoms with E-state index >= 15 is 4.39 Å². The maximum Gasteiger partial charge on any atom is 0.435 e. The molecule has 2 aromatic heterocycles. The molecule has 3 N–H and O–H groups in total. The molecule has 0 aliphatic carbocycles. The van der Waals surface area contributed by atoms with Crippen molar-refractivity contribution in [3.8, 4) is 23.6 Å². The molecular weight excluding hydrogens is 584 g/mol. The van der Waals surface area contributed by atoms with Gasteiger partial charge in [0.1, 0.15) is 5.82 Å². The van der Waals surface area contributed by atoms with Crippen molar-refractivity contribution in [1.82, 2.24) is 34.9 Å². The molecule has 44 heavy (non-hydrogen) atoms. The van der Waals surface area contributed by atoms with Gasteiger partial charge in [-0.2, -0.15) is 18.3 Å². The van der Waals surface area contributed by atoms with Crippen molar-refractivity contribution in [3.63, 3.8) is 0 Å². The molecule has 3 aromatic rings. The Bertz CT molecular complexity index is 1610. The molecule has 232 valence electrons. The number of imidazole rings is 1. The van der Waals surface area contributed by atoms with Gasteiger partial charge in [0.15, 0.2) is 11.5 Å². The van der Waals surface area contributed by atoms with E-state index in [1.807, 2.05) is 0 Å². The summed E-state index contributed by atoms with van der Waals surface area (Å²) in [5.41, 5.74) is -1.72. The number of nitrogens with one attached hydrogen (secondary N) is 3. The van der Waals surface area contributed by atoms with E-state index in [1.54, 1.807) is 4.90 Å². The predicted octanol–water partition coefficient (Wildman–Crippen LogP) is 2.68. The van der Waals surface area contributed by atoms with Crippen LogP contribution in [0.2, 0.25) is 0 Å². The Kier molecular flexibility index (Phi) is 8.73. The van der Waals surface area contributed by atoms with E-state index in [1.165, 1.54) is 24.1 Å². The summed E-state index contributed by atoms with van der Waals surface area (Å²) in [5, 5.41) is 11.4. The summed E-state index contributed by atoms with van der Waals surface area (Å²) in [6.45, 7) is 2.87. The van der Waals surface area contributed by atoms with Crippen molar-refractivity contribution in [3.05, 3.63) is 53.0 Å². The highest BCUT2D eigenvalue weighted by molar-refractivity contribution is 6.03. The number of aromatic amines is 1. The molecule has 1 aromatic carbocycles. The van der Waals surface area contributed by atoms with Gasteiger partial charge in [0.25, 0.3) is 11.8 Å². The lowest BCUT2D eigenvalue weighted by atomic mass is 9.96. The van der Waals surface area contributed by atoms with Crippen LogP contribution in [0.1, 0.15) is 45.2 Å². The topological polar surface area (TPSA) is 128 Å². The number of amides is 3. The maximum atomic E-state index is 15.1. The first kappa shape index (κ1) is 30.7. The second-order valence-electron chi connectivity index (χ2n) is 10.6. The molecular formula is C29H30F4N8O3. The highest BCUT2D eigenvalue weighted by Gasteiger charge is 2.39. The first-order valence-electron chi connectivity index (χ1n) is 14.0. The first-order valence-corrected chi connectivity index (χ1v) is 14.0. The minimum Gasteiger partial charge on any atom is -0.339 e. The Hall–Kier alpha value is -4.71. The summed E-state index contributed by atoms with van der Waals surface area (Å²) >= 11 is 0.